The average Bonchev–Trinajstić information content (AvgIpc) is 3.32. The van der Waals surface area contributed by atoms with Crippen molar-refractivity contribution in [3.8, 4) is 17.2 Å². The molecule has 0 bridgehead atoms. The van der Waals surface area contributed by atoms with Crippen LogP contribution in [0.2, 0.25) is 0 Å². The molecule has 0 fully saturated rings. The van der Waals surface area contributed by atoms with E-state index in [4.69, 9.17) is 4.52 Å². The highest BCUT2D eigenvalue weighted by Gasteiger charge is 2.30. The van der Waals surface area contributed by atoms with Gasteiger partial charge >= 0.3 is 6.18 Å². The second kappa shape index (κ2) is 8.99. The predicted octanol–water partition coefficient (Wildman–Crippen LogP) is 5.45. The first-order valence-electron chi connectivity index (χ1n) is 10.4. The summed E-state index contributed by atoms with van der Waals surface area (Å²) < 4.78 is 45.1. The maximum Gasteiger partial charge on any atom is 0.416 e. The fourth-order valence-electron chi connectivity index (χ4n) is 3.37. The maximum absolute atomic E-state index is 13.3. The van der Waals surface area contributed by atoms with Crippen molar-refractivity contribution >= 4 is 22.7 Å². The quantitative estimate of drug-likeness (QED) is 0.237. The molecule has 3 aromatic heterocycles. The molecule has 0 atom stereocenters. The van der Waals surface area contributed by atoms with Crippen LogP contribution < -0.4 is 5.56 Å². The molecule has 5 aromatic rings. The van der Waals surface area contributed by atoms with Gasteiger partial charge in [-0.25, -0.2) is 14.5 Å². The van der Waals surface area contributed by atoms with E-state index in [2.05, 4.69) is 20.1 Å². The zero-order chi connectivity index (χ0) is 24.6. The second-order valence-corrected chi connectivity index (χ2v) is 8.56. The van der Waals surface area contributed by atoms with Crippen molar-refractivity contribution in [1.82, 2.24) is 24.7 Å². The molecule has 2 aromatic carbocycles. The molecule has 0 spiro atoms. The Morgan fingerprint density at radius 1 is 1.00 bits per heavy atom. The van der Waals surface area contributed by atoms with Gasteiger partial charge < -0.3 is 4.52 Å². The number of nitrogens with zero attached hydrogens (tertiary/aromatic N) is 5. The molecule has 0 amide bonds. The van der Waals surface area contributed by atoms with Crippen LogP contribution in [-0.2, 0) is 11.9 Å². The third-order valence-electron chi connectivity index (χ3n) is 5.13. The van der Waals surface area contributed by atoms with Crippen LogP contribution in [0.3, 0.4) is 0 Å². The molecule has 0 aliphatic heterocycles. The van der Waals surface area contributed by atoms with E-state index in [9.17, 15) is 18.0 Å². The summed E-state index contributed by atoms with van der Waals surface area (Å²) in [5, 5.41) is 4.71. The van der Waals surface area contributed by atoms with E-state index < -0.39 is 11.7 Å². The van der Waals surface area contributed by atoms with Gasteiger partial charge in [-0.2, -0.15) is 18.2 Å². The van der Waals surface area contributed by atoms with E-state index in [1.165, 1.54) is 28.5 Å². The number of para-hydroxylation sites is 1. The minimum Gasteiger partial charge on any atom is -0.338 e. The number of benzene rings is 2. The van der Waals surface area contributed by atoms with Gasteiger partial charge in [-0.15, -0.1) is 0 Å². The Hall–Kier alpha value is -3.99. The number of pyridine rings is 1. The number of halogens is 3. The summed E-state index contributed by atoms with van der Waals surface area (Å²) in [5.41, 5.74) is 0.865. The standard InChI is InChI=1S/C24H16F3N5O2S/c1-14-6-11-19(28-12-14)32-22(33)17-4-2-3-5-18(17)29-23(32)35-13-20-30-21(31-34-20)15-7-9-16(10-8-15)24(25,26)27/h2-12H,13H2,1H3. The molecule has 0 aliphatic carbocycles. The second-order valence-electron chi connectivity index (χ2n) is 7.62. The van der Waals surface area contributed by atoms with Crippen LogP contribution >= 0.6 is 11.8 Å². The number of hydrogen-bond acceptors (Lipinski definition) is 7. The largest absolute Gasteiger partial charge is 0.416 e. The summed E-state index contributed by atoms with van der Waals surface area (Å²) in [6, 6.07) is 15.1. The smallest absolute Gasteiger partial charge is 0.338 e. The molecule has 11 heteroatoms. The summed E-state index contributed by atoms with van der Waals surface area (Å²) >= 11 is 1.21. The van der Waals surface area contributed by atoms with Crippen LogP contribution in [0.5, 0.6) is 0 Å². The number of alkyl halides is 3. The van der Waals surface area contributed by atoms with Crippen molar-refractivity contribution < 1.29 is 17.7 Å². The van der Waals surface area contributed by atoms with Crippen molar-refractivity contribution in [3.05, 3.63) is 94.2 Å². The number of thioether (sulfide) groups is 1. The van der Waals surface area contributed by atoms with Gasteiger partial charge in [0.1, 0.15) is 5.82 Å². The molecule has 0 radical (unpaired) electrons. The van der Waals surface area contributed by atoms with Gasteiger partial charge in [0.2, 0.25) is 11.7 Å². The van der Waals surface area contributed by atoms with Gasteiger partial charge in [-0.3, -0.25) is 4.79 Å². The number of aryl methyl sites for hydroxylation is 1. The summed E-state index contributed by atoms with van der Waals surface area (Å²) in [5.74, 6) is 1.01. The molecule has 0 saturated heterocycles. The first-order chi connectivity index (χ1) is 16.8. The molecule has 0 N–H and O–H groups in total. The highest BCUT2D eigenvalue weighted by atomic mass is 32.2. The third kappa shape index (κ3) is 4.67. The van der Waals surface area contributed by atoms with Gasteiger partial charge in [0.25, 0.3) is 5.56 Å². The van der Waals surface area contributed by atoms with E-state index in [1.807, 2.05) is 13.0 Å². The SMILES string of the molecule is Cc1ccc(-n2c(SCc3nc(-c4ccc(C(F)(F)F)cc4)no3)nc3ccccc3c2=O)nc1. The lowest BCUT2D eigenvalue weighted by Crippen LogP contribution is -2.22. The monoisotopic (exact) mass is 495 g/mol. The molecule has 0 aliphatic rings. The third-order valence-corrected chi connectivity index (χ3v) is 6.06. The molecule has 3 heterocycles. The molecule has 35 heavy (non-hydrogen) atoms. The van der Waals surface area contributed by atoms with Gasteiger partial charge in [0.15, 0.2) is 5.16 Å². The fourth-order valence-corrected chi connectivity index (χ4v) is 4.21. The molecule has 0 unspecified atom stereocenters. The summed E-state index contributed by atoms with van der Waals surface area (Å²) in [6.07, 6.45) is -2.76. The normalized spacial score (nSPS) is 11.8. The Bertz CT molecular complexity index is 1560. The molecule has 176 valence electrons. The molecule has 7 nitrogen and oxygen atoms in total. The summed E-state index contributed by atoms with van der Waals surface area (Å²) in [6.45, 7) is 1.90. The number of hydrogen-bond donors (Lipinski definition) is 0. The molecule has 0 saturated carbocycles. The van der Waals surface area contributed by atoms with E-state index in [-0.39, 0.29) is 23.0 Å². The predicted molar refractivity (Wildman–Crippen MR) is 124 cm³/mol. The molecular weight excluding hydrogens is 479 g/mol. The lowest BCUT2D eigenvalue weighted by atomic mass is 10.1. The van der Waals surface area contributed by atoms with Crippen molar-refractivity contribution in [2.24, 2.45) is 0 Å². The van der Waals surface area contributed by atoms with E-state index in [0.717, 1.165) is 17.7 Å². The average molecular weight is 495 g/mol. The van der Waals surface area contributed by atoms with Crippen molar-refractivity contribution in [3.63, 3.8) is 0 Å². The molecular formula is C24H16F3N5O2S. The number of aromatic nitrogens is 5. The first kappa shape index (κ1) is 22.8. The van der Waals surface area contributed by atoms with E-state index in [1.54, 1.807) is 36.5 Å². The van der Waals surface area contributed by atoms with Gasteiger partial charge in [0.05, 0.1) is 22.2 Å². The van der Waals surface area contributed by atoms with Gasteiger partial charge in [-0.1, -0.05) is 47.3 Å². The Kier molecular flexibility index (Phi) is 5.85. The van der Waals surface area contributed by atoms with Crippen molar-refractivity contribution in [2.45, 2.75) is 24.0 Å². The first-order valence-corrected chi connectivity index (χ1v) is 11.4. The fraction of sp³-hybridized carbons (Fsp3) is 0.125. The Balaban J connectivity index is 1.45. The van der Waals surface area contributed by atoms with Crippen LogP contribution in [0.25, 0.3) is 28.1 Å². The highest BCUT2D eigenvalue weighted by molar-refractivity contribution is 7.98. The molecule has 5 rings (SSSR count). The Morgan fingerprint density at radius 2 is 1.77 bits per heavy atom. The lowest BCUT2D eigenvalue weighted by Gasteiger charge is -2.12. The van der Waals surface area contributed by atoms with Gasteiger partial charge in [-0.05, 0) is 42.8 Å². The Labute approximate surface area is 200 Å². The minimum atomic E-state index is -4.42. The summed E-state index contributed by atoms with van der Waals surface area (Å²) in [4.78, 5) is 26.6. The Morgan fingerprint density at radius 3 is 2.49 bits per heavy atom. The van der Waals surface area contributed by atoms with Crippen LogP contribution in [0, 0.1) is 6.92 Å². The zero-order valence-corrected chi connectivity index (χ0v) is 19.0. The van der Waals surface area contributed by atoms with E-state index >= 15 is 0 Å². The number of rotatable bonds is 5. The van der Waals surface area contributed by atoms with E-state index in [0.29, 0.717) is 27.4 Å². The maximum atomic E-state index is 13.3. The van der Waals surface area contributed by atoms with Crippen LogP contribution in [0.4, 0.5) is 13.2 Å². The summed E-state index contributed by atoms with van der Waals surface area (Å²) in [7, 11) is 0. The zero-order valence-electron chi connectivity index (χ0n) is 18.2. The highest BCUT2D eigenvalue weighted by Crippen LogP contribution is 2.31. The van der Waals surface area contributed by atoms with Crippen molar-refractivity contribution in [2.75, 3.05) is 0 Å². The van der Waals surface area contributed by atoms with Crippen molar-refractivity contribution in [1.29, 1.82) is 0 Å². The van der Waals surface area contributed by atoms with Crippen LogP contribution in [0.1, 0.15) is 17.0 Å². The topological polar surface area (TPSA) is 86.7 Å². The van der Waals surface area contributed by atoms with Gasteiger partial charge in [0, 0.05) is 11.8 Å². The van der Waals surface area contributed by atoms with Crippen LogP contribution in [-0.4, -0.2) is 24.7 Å². The lowest BCUT2D eigenvalue weighted by molar-refractivity contribution is -0.137. The van der Waals surface area contributed by atoms with Crippen LogP contribution in [0.15, 0.2) is 81.3 Å². The minimum absolute atomic E-state index is 0.165. The number of fused-ring (bicyclic) bond motifs is 1.